The fraction of sp³-hybridized carbons (Fsp3) is 0.579. The molecule has 5 nitrogen and oxygen atoms in total. The summed E-state index contributed by atoms with van der Waals surface area (Å²) >= 11 is 1.94. The average Bonchev–Trinajstić information content (AvgIpc) is 3.26. The minimum absolute atomic E-state index is 0.0653. The number of hydrogen-bond acceptors (Lipinski definition) is 3. The molecule has 3 rings (SSSR count). The predicted molar refractivity (Wildman–Crippen MR) is 107 cm³/mol. The molecule has 1 aromatic rings. The van der Waals surface area contributed by atoms with Crippen molar-refractivity contribution in [2.45, 2.75) is 43.9 Å². The molecule has 0 bridgehead atoms. The highest BCUT2D eigenvalue weighted by molar-refractivity contribution is 7.99. The maximum atomic E-state index is 12.6. The predicted octanol–water partition coefficient (Wildman–Crippen LogP) is 2.41. The summed E-state index contributed by atoms with van der Waals surface area (Å²) in [6.45, 7) is 3.79. The van der Waals surface area contributed by atoms with Gasteiger partial charge in [-0.05, 0) is 50.5 Å². The van der Waals surface area contributed by atoms with Crippen molar-refractivity contribution in [3.05, 3.63) is 29.8 Å². The van der Waals surface area contributed by atoms with Crippen molar-refractivity contribution in [1.29, 1.82) is 0 Å². The van der Waals surface area contributed by atoms with Crippen molar-refractivity contribution in [2.75, 3.05) is 30.8 Å². The fourth-order valence-electron chi connectivity index (χ4n) is 3.63. The lowest BCUT2D eigenvalue weighted by molar-refractivity contribution is -0.117. The van der Waals surface area contributed by atoms with E-state index < -0.39 is 0 Å². The number of guanidine groups is 1. The van der Waals surface area contributed by atoms with Crippen LogP contribution in [0.2, 0.25) is 0 Å². The van der Waals surface area contributed by atoms with Crippen LogP contribution >= 0.6 is 11.8 Å². The van der Waals surface area contributed by atoms with E-state index in [4.69, 9.17) is 0 Å². The van der Waals surface area contributed by atoms with Crippen molar-refractivity contribution >= 4 is 29.3 Å². The SMILES string of the molecule is CCNC(=NCC(=O)N1CCc2ccccc21)NC1CCC(SC)C1. The zero-order chi connectivity index (χ0) is 17.6. The molecule has 1 aromatic carbocycles. The molecule has 0 saturated heterocycles. The number of nitrogens with zero attached hydrogens (tertiary/aromatic N) is 2. The number of hydrogen-bond donors (Lipinski definition) is 2. The van der Waals surface area contributed by atoms with E-state index in [0.29, 0.717) is 6.04 Å². The molecule has 1 amide bonds. The van der Waals surface area contributed by atoms with E-state index in [0.717, 1.165) is 36.4 Å². The molecule has 136 valence electrons. The number of benzene rings is 1. The lowest BCUT2D eigenvalue weighted by atomic mass is 10.2. The summed E-state index contributed by atoms with van der Waals surface area (Å²) in [4.78, 5) is 19.0. The van der Waals surface area contributed by atoms with Gasteiger partial charge < -0.3 is 15.5 Å². The van der Waals surface area contributed by atoms with Crippen molar-refractivity contribution in [2.24, 2.45) is 4.99 Å². The monoisotopic (exact) mass is 360 g/mol. The largest absolute Gasteiger partial charge is 0.357 e. The standard InChI is InChI=1S/C19H28N4OS/c1-3-20-19(22-15-8-9-16(12-15)25-2)21-13-18(24)23-11-10-14-6-4-5-7-17(14)23/h4-7,15-16H,3,8-13H2,1-2H3,(H2,20,21,22). The van der Waals surface area contributed by atoms with Crippen LogP contribution in [0.1, 0.15) is 31.7 Å². The van der Waals surface area contributed by atoms with Crippen molar-refractivity contribution in [3.8, 4) is 0 Å². The Balaban J connectivity index is 1.59. The van der Waals surface area contributed by atoms with Crippen LogP contribution in [-0.4, -0.2) is 49.0 Å². The number of rotatable bonds is 5. The van der Waals surface area contributed by atoms with E-state index >= 15 is 0 Å². The quantitative estimate of drug-likeness (QED) is 0.625. The van der Waals surface area contributed by atoms with E-state index in [-0.39, 0.29) is 12.5 Å². The number of nitrogens with one attached hydrogen (secondary N) is 2. The highest BCUT2D eigenvalue weighted by atomic mass is 32.2. The number of thioether (sulfide) groups is 1. The van der Waals surface area contributed by atoms with Crippen LogP contribution in [0, 0.1) is 0 Å². The third-order valence-electron chi connectivity index (χ3n) is 4.96. The van der Waals surface area contributed by atoms with Gasteiger partial charge in [0.15, 0.2) is 5.96 Å². The number of amides is 1. The maximum absolute atomic E-state index is 12.6. The molecule has 2 aliphatic rings. The summed E-state index contributed by atoms with van der Waals surface area (Å²) in [6, 6.07) is 8.59. The minimum atomic E-state index is 0.0653. The van der Waals surface area contributed by atoms with Gasteiger partial charge in [-0.2, -0.15) is 11.8 Å². The second-order valence-corrected chi connectivity index (χ2v) is 7.77. The molecule has 0 radical (unpaired) electrons. The molecular weight excluding hydrogens is 332 g/mol. The summed E-state index contributed by atoms with van der Waals surface area (Å²) < 4.78 is 0. The molecular formula is C19H28N4OS. The molecule has 1 saturated carbocycles. The number of fused-ring (bicyclic) bond motifs is 1. The molecule has 1 aliphatic carbocycles. The average molecular weight is 361 g/mol. The highest BCUT2D eigenvalue weighted by Gasteiger charge is 2.26. The summed E-state index contributed by atoms with van der Waals surface area (Å²) in [5.41, 5.74) is 2.29. The van der Waals surface area contributed by atoms with Gasteiger partial charge in [-0.15, -0.1) is 0 Å². The van der Waals surface area contributed by atoms with Gasteiger partial charge in [0.25, 0.3) is 0 Å². The summed E-state index contributed by atoms with van der Waals surface area (Å²) in [6.07, 6.45) is 6.70. The smallest absolute Gasteiger partial charge is 0.248 e. The Morgan fingerprint density at radius 2 is 2.20 bits per heavy atom. The molecule has 0 spiro atoms. The zero-order valence-electron chi connectivity index (χ0n) is 15.1. The first-order chi connectivity index (χ1) is 12.2. The minimum Gasteiger partial charge on any atom is -0.357 e. The number of para-hydroxylation sites is 1. The lowest BCUT2D eigenvalue weighted by Gasteiger charge is -2.19. The van der Waals surface area contributed by atoms with Crippen LogP contribution in [0.25, 0.3) is 0 Å². The Labute approximate surface area is 154 Å². The van der Waals surface area contributed by atoms with E-state index in [1.165, 1.54) is 24.8 Å². The first kappa shape index (κ1) is 18.1. The van der Waals surface area contributed by atoms with Gasteiger partial charge in [0.2, 0.25) is 5.91 Å². The zero-order valence-corrected chi connectivity index (χ0v) is 15.9. The number of carbonyl (C=O) groups is 1. The number of anilines is 1. The Kier molecular flexibility index (Phi) is 6.24. The van der Waals surface area contributed by atoms with Gasteiger partial charge in [0, 0.05) is 30.1 Å². The normalized spacial score (nSPS) is 22.8. The second-order valence-electron chi connectivity index (χ2n) is 6.63. The van der Waals surface area contributed by atoms with E-state index in [1.54, 1.807) is 0 Å². The lowest BCUT2D eigenvalue weighted by Crippen LogP contribution is -2.43. The van der Waals surface area contributed by atoms with Gasteiger partial charge in [-0.1, -0.05) is 18.2 Å². The molecule has 25 heavy (non-hydrogen) atoms. The first-order valence-corrected chi connectivity index (χ1v) is 10.5. The van der Waals surface area contributed by atoms with E-state index in [1.807, 2.05) is 34.9 Å². The van der Waals surface area contributed by atoms with Crippen LogP contribution in [0.15, 0.2) is 29.3 Å². The van der Waals surface area contributed by atoms with Crippen LogP contribution in [0.3, 0.4) is 0 Å². The Morgan fingerprint density at radius 3 is 2.96 bits per heavy atom. The fourth-order valence-corrected chi connectivity index (χ4v) is 4.42. The molecule has 6 heteroatoms. The Morgan fingerprint density at radius 1 is 1.36 bits per heavy atom. The van der Waals surface area contributed by atoms with Crippen LogP contribution in [0.4, 0.5) is 5.69 Å². The van der Waals surface area contributed by atoms with Gasteiger partial charge in [-0.3, -0.25) is 4.79 Å². The molecule has 1 heterocycles. The Bertz CT molecular complexity index is 634. The van der Waals surface area contributed by atoms with E-state index in [2.05, 4.69) is 34.9 Å². The third kappa shape index (κ3) is 4.48. The van der Waals surface area contributed by atoms with Gasteiger partial charge in [0.05, 0.1) is 0 Å². The van der Waals surface area contributed by atoms with Crippen molar-refractivity contribution < 1.29 is 4.79 Å². The summed E-state index contributed by atoms with van der Waals surface area (Å²) in [7, 11) is 0. The molecule has 2 atom stereocenters. The van der Waals surface area contributed by atoms with Gasteiger partial charge >= 0.3 is 0 Å². The van der Waals surface area contributed by atoms with Gasteiger partial charge in [0.1, 0.15) is 6.54 Å². The third-order valence-corrected chi connectivity index (χ3v) is 6.06. The maximum Gasteiger partial charge on any atom is 0.248 e. The van der Waals surface area contributed by atoms with Crippen molar-refractivity contribution in [1.82, 2.24) is 10.6 Å². The van der Waals surface area contributed by atoms with Crippen LogP contribution in [-0.2, 0) is 11.2 Å². The molecule has 2 N–H and O–H groups in total. The summed E-state index contributed by atoms with van der Waals surface area (Å²) in [5.74, 6) is 0.825. The van der Waals surface area contributed by atoms with Crippen LogP contribution in [0.5, 0.6) is 0 Å². The molecule has 1 aliphatic heterocycles. The molecule has 2 unspecified atom stereocenters. The summed E-state index contributed by atoms with van der Waals surface area (Å²) in [5, 5.41) is 7.51. The number of aliphatic imine (C=N–C) groups is 1. The van der Waals surface area contributed by atoms with Crippen molar-refractivity contribution in [3.63, 3.8) is 0 Å². The highest BCUT2D eigenvalue weighted by Crippen LogP contribution is 2.28. The molecule has 0 aromatic heterocycles. The first-order valence-electron chi connectivity index (χ1n) is 9.17. The van der Waals surface area contributed by atoms with E-state index in [9.17, 15) is 4.79 Å². The number of carbonyl (C=O) groups excluding carboxylic acids is 1. The van der Waals surface area contributed by atoms with Gasteiger partial charge in [-0.25, -0.2) is 4.99 Å². The topological polar surface area (TPSA) is 56.7 Å². The second kappa shape index (κ2) is 8.61. The molecule has 1 fully saturated rings. The Hall–Kier alpha value is -1.69. The van der Waals surface area contributed by atoms with Crippen LogP contribution < -0.4 is 15.5 Å².